The zero-order chi connectivity index (χ0) is 18.9. The summed E-state index contributed by atoms with van der Waals surface area (Å²) in [5.41, 5.74) is 0.663. The smallest absolute Gasteiger partial charge is 0.227 e. The van der Waals surface area contributed by atoms with Gasteiger partial charge in [0.05, 0.1) is 18.6 Å². The molecule has 5 heteroatoms. The van der Waals surface area contributed by atoms with Crippen molar-refractivity contribution >= 4 is 16.9 Å². The summed E-state index contributed by atoms with van der Waals surface area (Å²) in [5, 5.41) is 4.28. The highest BCUT2D eigenvalue weighted by Crippen LogP contribution is 2.52. The predicted octanol–water partition coefficient (Wildman–Crippen LogP) is 3.72. The van der Waals surface area contributed by atoms with Crippen LogP contribution < -0.4 is 5.32 Å². The molecule has 3 heterocycles. The summed E-state index contributed by atoms with van der Waals surface area (Å²) in [4.78, 5) is 15.6. The average Bonchev–Trinajstić information content (AvgIpc) is 3.36. The molecule has 2 aromatic rings. The van der Waals surface area contributed by atoms with E-state index < -0.39 is 0 Å². The van der Waals surface area contributed by atoms with Crippen LogP contribution in [0.5, 0.6) is 0 Å². The molecule has 2 aliphatic rings. The Balaban J connectivity index is 1.48. The second-order valence-corrected chi connectivity index (χ2v) is 7.84. The highest BCUT2D eigenvalue weighted by atomic mass is 16.5. The lowest BCUT2D eigenvalue weighted by atomic mass is 9.71. The standard InChI is InChI=1S/C22H30N2O3/c1-3-22(21(25)23-11-12-26-4-2)14-17-9-10-20(22)24(17)15-18-13-16-7-5-6-8-19(16)27-18/h5-8,13,17,20H,3-4,9-12,14-15H2,1-2H3,(H,23,25)/t17-,20+,22+/m0/s1. The molecule has 27 heavy (non-hydrogen) atoms. The number of furan rings is 1. The fraction of sp³-hybridized carbons (Fsp3) is 0.591. The third-order valence-corrected chi connectivity index (χ3v) is 6.51. The van der Waals surface area contributed by atoms with Crippen LogP contribution in [0.3, 0.4) is 0 Å². The second-order valence-electron chi connectivity index (χ2n) is 7.84. The van der Waals surface area contributed by atoms with Crippen LogP contribution in [-0.2, 0) is 16.1 Å². The minimum Gasteiger partial charge on any atom is -0.460 e. The topological polar surface area (TPSA) is 54.7 Å². The average molecular weight is 370 g/mol. The quantitative estimate of drug-likeness (QED) is 0.720. The maximum Gasteiger partial charge on any atom is 0.227 e. The van der Waals surface area contributed by atoms with Crippen LogP contribution in [0.1, 0.15) is 45.3 Å². The number of carbonyl (C=O) groups excluding carboxylic acids is 1. The maximum atomic E-state index is 13.1. The Morgan fingerprint density at radius 3 is 2.96 bits per heavy atom. The third kappa shape index (κ3) is 3.27. The van der Waals surface area contributed by atoms with Gasteiger partial charge in [-0.3, -0.25) is 9.69 Å². The van der Waals surface area contributed by atoms with Crippen LogP contribution in [0.25, 0.3) is 11.0 Å². The lowest BCUT2D eigenvalue weighted by molar-refractivity contribution is -0.133. The molecule has 4 rings (SSSR count). The van der Waals surface area contributed by atoms with Crippen molar-refractivity contribution in [1.29, 1.82) is 0 Å². The Morgan fingerprint density at radius 1 is 1.33 bits per heavy atom. The van der Waals surface area contributed by atoms with Gasteiger partial charge in [0.1, 0.15) is 11.3 Å². The van der Waals surface area contributed by atoms with Crippen molar-refractivity contribution in [3.63, 3.8) is 0 Å². The lowest BCUT2D eigenvalue weighted by Gasteiger charge is -2.35. The van der Waals surface area contributed by atoms with Crippen LogP contribution in [0, 0.1) is 5.41 Å². The highest BCUT2D eigenvalue weighted by molar-refractivity contribution is 5.84. The molecule has 0 aliphatic carbocycles. The number of rotatable bonds is 8. The fourth-order valence-corrected chi connectivity index (χ4v) is 5.18. The summed E-state index contributed by atoms with van der Waals surface area (Å²) in [7, 11) is 0. The molecule has 0 unspecified atom stereocenters. The molecule has 1 N–H and O–H groups in total. The summed E-state index contributed by atoms with van der Waals surface area (Å²) in [5.74, 6) is 1.20. The largest absolute Gasteiger partial charge is 0.460 e. The molecule has 5 nitrogen and oxygen atoms in total. The molecule has 1 aromatic heterocycles. The number of ether oxygens (including phenoxy) is 1. The molecule has 146 valence electrons. The number of nitrogens with zero attached hydrogens (tertiary/aromatic N) is 1. The summed E-state index contributed by atoms with van der Waals surface area (Å²) in [6, 6.07) is 11.1. The number of hydrogen-bond acceptors (Lipinski definition) is 4. The maximum absolute atomic E-state index is 13.1. The van der Waals surface area contributed by atoms with Crippen LogP contribution in [-0.4, -0.2) is 42.6 Å². The van der Waals surface area contributed by atoms with Gasteiger partial charge in [-0.15, -0.1) is 0 Å². The number of amides is 1. The van der Waals surface area contributed by atoms with Crippen molar-refractivity contribution in [3.05, 3.63) is 36.1 Å². The van der Waals surface area contributed by atoms with Crippen molar-refractivity contribution < 1.29 is 13.9 Å². The fourth-order valence-electron chi connectivity index (χ4n) is 5.18. The molecule has 0 radical (unpaired) electrons. The Hall–Kier alpha value is -1.85. The summed E-state index contributed by atoms with van der Waals surface area (Å²) >= 11 is 0. The Kier molecular flexibility index (Phi) is 5.24. The summed E-state index contributed by atoms with van der Waals surface area (Å²) < 4.78 is 11.4. The van der Waals surface area contributed by atoms with Crippen LogP contribution >= 0.6 is 0 Å². The van der Waals surface area contributed by atoms with E-state index in [0.717, 1.165) is 42.5 Å². The SMILES string of the molecule is CCOCCNC(=O)[C@]1(CC)C[C@@H]2CC[C@H]1N2Cc1cc2ccccc2o1. The van der Waals surface area contributed by atoms with Crippen LogP contribution in [0.2, 0.25) is 0 Å². The Bertz CT molecular complexity index is 769. The van der Waals surface area contributed by atoms with Crippen molar-refractivity contribution in [2.24, 2.45) is 5.41 Å². The first-order valence-corrected chi connectivity index (χ1v) is 10.3. The normalized spacial score (nSPS) is 27.5. The molecule has 2 bridgehead atoms. The first kappa shape index (κ1) is 18.5. The molecule has 2 aliphatic heterocycles. The van der Waals surface area contributed by atoms with Gasteiger partial charge in [0.2, 0.25) is 5.91 Å². The van der Waals surface area contributed by atoms with Gasteiger partial charge >= 0.3 is 0 Å². The minimum atomic E-state index is -0.277. The first-order chi connectivity index (χ1) is 13.2. The molecular weight excluding hydrogens is 340 g/mol. The summed E-state index contributed by atoms with van der Waals surface area (Å²) in [6.07, 6.45) is 4.11. The number of fused-ring (bicyclic) bond motifs is 3. The zero-order valence-corrected chi connectivity index (χ0v) is 16.4. The minimum absolute atomic E-state index is 0.200. The second kappa shape index (κ2) is 7.64. The van der Waals surface area contributed by atoms with Gasteiger partial charge in [-0.1, -0.05) is 25.1 Å². The molecule has 1 amide bonds. The zero-order valence-electron chi connectivity index (χ0n) is 16.4. The number of hydrogen-bond donors (Lipinski definition) is 1. The van der Waals surface area contributed by atoms with E-state index in [1.165, 1.54) is 6.42 Å². The molecule has 3 atom stereocenters. The van der Waals surface area contributed by atoms with E-state index in [-0.39, 0.29) is 11.3 Å². The van der Waals surface area contributed by atoms with E-state index in [9.17, 15) is 4.79 Å². The number of carbonyl (C=O) groups is 1. The third-order valence-electron chi connectivity index (χ3n) is 6.51. The van der Waals surface area contributed by atoms with E-state index in [1.807, 2.05) is 25.1 Å². The van der Waals surface area contributed by atoms with Gasteiger partial charge in [-0.25, -0.2) is 0 Å². The summed E-state index contributed by atoms with van der Waals surface area (Å²) in [6.45, 7) is 6.78. The van der Waals surface area contributed by atoms with Crippen LogP contribution in [0.4, 0.5) is 0 Å². The first-order valence-electron chi connectivity index (χ1n) is 10.3. The molecule has 1 aromatic carbocycles. The van der Waals surface area contributed by atoms with Gasteiger partial charge in [0, 0.05) is 30.6 Å². The van der Waals surface area contributed by atoms with E-state index in [0.29, 0.717) is 31.8 Å². The number of nitrogens with one attached hydrogen (secondary N) is 1. The Labute approximate surface area is 161 Å². The van der Waals surface area contributed by atoms with Gasteiger partial charge < -0.3 is 14.5 Å². The molecule has 2 saturated heterocycles. The molecule has 0 spiro atoms. The number of benzene rings is 1. The van der Waals surface area contributed by atoms with E-state index in [1.54, 1.807) is 0 Å². The highest BCUT2D eigenvalue weighted by Gasteiger charge is 2.58. The van der Waals surface area contributed by atoms with Gasteiger partial charge in [0.15, 0.2) is 0 Å². The monoisotopic (exact) mass is 370 g/mol. The van der Waals surface area contributed by atoms with Crippen molar-refractivity contribution in [2.45, 2.75) is 58.2 Å². The van der Waals surface area contributed by atoms with Crippen molar-refractivity contribution in [1.82, 2.24) is 10.2 Å². The van der Waals surface area contributed by atoms with Crippen LogP contribution in [0.15, 0.2) is 34.7 Å². The molecule has 2 fully saturated rings. The van der Waals surface area contributed by atoms with Gasteiger partial charge in [-0.2, -0.15) is 0 Å². The van der Waals surface area contributed by atoms with Gasteiger partial charge in [-0.05, 0) is 44.7 Å². The van der Waals surface area contributed by atoms with Gasteiger partial charge in [0.25, 0.3) is 0 Å². The predicted molar refractivity (Wildman–Crippen MR) is 105 cm³/mol. The van der Waals surface area contributed by atoms with E-state index in [2.05, 4.69) is 29.3 Å². The van der Waals surface area contributed by atoms with E-state index in [4.69, 9.17) is 9.15 Å². The lowest BCUT2D eigenvalue weighted by Crippen LogP contribution is -2.49. The van der Waals surface area contributed by atoms with Crippen molar-refractivity contribution in [3.8, 4) is 0 Å². The van der Waals surface area contributed by atoms with E-state index >= 15 is 0 Å². The Morgan fingerprint density at radius 2 is 2.19 bits per heavy atom. The molecule has 0 saturated carbocycles. The molecular formula is C22H30N2O3. The van der Waals surface area contributed by atoms with Crippen molar-refractivity contribution in [2.75, 3.05) is 19.8 Å². The number of para-hydroxylation sites is 1.